The van der Waals surface area contributed by atoms with Crippen molar-refractivity contribution in [2.75, 3.05) is 0 Å². The minimum Gasteiger partial charge on any atom is -0.477 e. The molecule has 1 aromatic rings. The van der Waals surface area contributed by atoms with Crippen molar-refractivity contribution < 1.29 is 23.1 Å². The van der Waals surface area contributed by atoms with Crippen molar-refractivity contribution in [1.29, 1.82) is 0 Å². The fourth-order valence-electron chi connectivity index (χ4n) is 1.15. The maximum absolute atomic E-state index is 12.3. The monoisotopic (exact) mass is 261 g/mol. The van der Waals surface area contributed by atoms with E-state index in [1.165, 1.54) is 12.1 Å². The van der Waals surface area contributed by atoms with Gasteiger partial charge in [-0.15, -0.1) is 0 Å². The van der Waals surface area contributed by atoms with E-state index >= 15 is 0 Å². The van der Waals surface area contributed by atoms with Crippen LogP contribution in [-0.2, 0) is 17.5 Å². The second-order valence-electron chi connectivity index (χ2n) is 3.38. The van der Waals surface area contributed by atoms with E-state index in [0.717, 1.165) is 17.3 Å². The summed E-state index contributed by atoms with van der Waals surface area (Å²) in [7, 11) is 0. The van der Waals surface area contributed by atoms with E-state index in [0.29, 0.717) is 11.8 Å². The fraction of sp³-hybridized carbons (Fsp3) is 0.200. The van der Waals surface area contributed by atoms with Gasteiger partial charge >= 0.3 is 12.1 Å². The summed E-state index contributed by atoms with van der Waals surface area (Å²) in [5.41, 5.74) is -0.281. The van der Waals surface area contributed by atoms with Crippen molar-refractivity contribution in [3.63, 3.8) is 0 Å². The summed E-state index contributed by atoms with van der Waals surface area (Å²) < 4.78 is 36.8. The van der Waals surface area contributed by atoms with E-state index < -0.39 is 17.7 Å². The summed E-state index contributed by atoms with van der Waals surface area (Å²) >= 11 is 0. The number of hydrogen-bond donors (Lipinski definition) is 2. The molecule has 0 heterocycles. The van der Waals surface area contributed by atoms with Crippen molar-refractivity contribution in [2.45, 2.75) is 12.7 Å². The summed E-state index contributed by atoms with van der Waals surface area (Å²) in [6, 6.07) is 4.34. The van der Waals surface area contributed by atoms with Crippen LogP contribution in [0.2, 0.25) is 0 Å². The Bertz CT molecular complexity index is 443. The Morgan fingerprint density at radius 3 is 2.39 bits per heavy atom. The lowest BCUT2D eigenvalue weighted by Gasteiger charge is -2.12. The smallest absolute Gasteiger partial charge is 0.416 e. The summed E-state index contributed by atoms with van der Waals surface area (Å²) in [6.07, 6.45) is -3.80. The Labute approximate surface area is 100 Å². The maximum atomic E-state index is 12.3. The molecule has 0 radical (unpaired) electrons. The molecule has 0 aromatic heterocycles. The molecule has 0 bridgehead atoms. The maximum Gasteiger partial charge on any atom is 0.416 e. The lowest BCUT2D eigenvalue weighted by Crippen LogP contribution is -2.25. The highest BCUT2D eigenvalue weighted by Gasteiger charge is 2.29. The molecule has 0 aliphatic heterocycles. The summed E-state index contributed by atoms with van der Waals surface area (Å²) in [4.78, 5) is 10.2. The first-order valence-corrected chi connectivity index (χ1v) is 4.74. The third kappa shape index (κ3) is 4.42. The minimum atomic E-state index is -4.39. The molecule has 8 heteroatoms. The van der Waals surface area contributed by atoms with Crippen LogP contribution >= 0.6 is 0 Å². The highest BCUT2D eigenvalue weighted by atomic mass is 19.4. The molecule has 0 amide bonds. The number of halogens is 3. The summed E-state index contributed by atoms with van der Waals surface area (Å²) in [5.74, 6) is 4.06. The lowest BCUT2D eigenvalue weighted by atomic mass is 10.1. The SMILES string of the molecule is NN(Cc1ccc(C(F)(F)F)cc1)/N=C\C(=O)O. The van der Waals surface area contributed by atoms with Gasteiger partial charge in [-0.1, -0.05) is 12.1 Å². The third-order valence-corrected chi connectivity index (χ3v) is 1.94. The number of carboxylic acid groups (broad SMARTS) is 1. The quantitative estimate of drug-likeness (QED) is 0.488. The number of carbonyl (C=O) groups is 1. The molecule has 0 aliphatic carbocycles. The number of nitrogens with two attached hydrogens (primary N) is 1. The van der Waals surface area contributed by atoms with Gasteiger partial charge in [0, 0.05) is 0 Å². The fourth-order valence-corrected chi connectivity index (χ4v) is 1.15. The largest absolute Gasteiger partial charge is 0.477 e. The number of carboxylic acids is 1. The molecule has 0 atom stereocenters. The average molecular weight is 261 g/mol. The van der Waals surface area contributed by atoms with Crippen LogP contribution in [-0.4, -0.2) is 22.4 Å². The Kier molecular flexibility index (Phi) is 4.27. The first kappa shape index (κ1) is 14.0. The van der Waals surface area contributed by atoms with Gasteiger partial charge in [0.2, 0.25) is 0 Å². The highest BCUT2D eigenvalue weighted by molar-refractivity contribution is 6.21. The Hall–Kier alpha value is -2.09. The predicted molar refractivity (Wildman–Crippen MR) is 57.3 cm³/mol. The molecule has 3 N–H and O–H groups in total. The first-order chi connectivity index (χ1) is 8.29. The molecule has 0 spiro atoms. The van der Waals surface area contributed by atoms with Crippen LogP contribution in [0, 0.1) is 0 Å². The van der Waals surface area contributed by atoms with E-state index in [4.69, 9.17) is 10.9 Å². The van der Waals surface area contributed by atoms with Gasteiger partial charge in [0.1, 0.15) is 6.21 Å². The van der Waals surface area contributed by atoms with E-state index in [2.05, 4.69) is 5.10 Å². The molecule has 98 valence electrons. The number of hydrazine groups is 1. The van der Waals surface area contributed by atoms with Crippen molar-refractivity contribution in [3.8, 4) is 0 Å². The van der Waals surface area contributed by atoms with Crippen molar-refractivity contribution in [2.24, 2.45) is 10.9 Å². The van der Waals surface area contributed by atoms with Gasteiger partial charge in [-0.05, 0) is 17.7 Å². The third-order valence-electron chi connectivity index (χ3n) is 1.94. The highest BCUT2D eigenvalue weighted by Crippen LogP contribution is 2.29. The van der Waals surface area contributed by atoms with Gasteiger partial charge in [0.15, 0.2) is 0 Å². The minimum absolute atomic E-state index is 0.00190. The summed E-state index contributed by atoms with van der Waals surface area (Å²) in [6.45, 7) is 0.00190. The molecule has 18 heavy (non-hydrogen) atoms. The molecule has 0 saturated heterocycles. The molecule has 5 nitrogen and oxygen atoms in total. The number of hydrazone groups is 1. The second-order valence-corrected chi connectivity index (χ2v) is 3.38. The zero-order valence-corrected chi connectivity index (χ0v) is 9.05. The molecular weight excluding hydrogens is 251 g/mol. The van der Waals surface area contributed by atoms with Crippen molar-refractivity contribution >= 4 is 12.2 Å². The zero-order valence-electron chi connectivity index (χ0n) is 9.05. The Balaban J connectivity index is 2.67. The van der Waals surface area contributed by atoms with E-state index in [1.807, 2.05) is 0 Å². The number of hydrogen-bond acceptors (Lipinski definition) is 4. The van der Waals surface area contributed by atoms with Gasteiger partial charge in [0.05, 0.1) is 12.1 Å². The number of nitrogens with zero attached hydrogens (tertiary/aromatic N) is 2. The second kappa shape index (κ2) is 5.50. The molecule has 0 aliphatic rings. The first-order valence-electron chi connectivity index (χ1n) is 4.74. The zero-order chi connectivity index (χ0) is 13.8. The van der Waals surface area contributed by atoms with E-state index in [9.17, 15) is 18.0 Å². The van der Waals surface area contributed by atoms with Crippen LogP contribution in [0.1, 0.15) is 11.1 Å². The topological polar surface area (TPSA) is 78.9 Å². The number of rotatable bonds is 4. The van der Waals surface area contributed by atoms with Gasteiger partial charge in [-0.3, -0.25) is 0 Å². The number of benzene rings is 1. The van der Waals surface area contributed by atoms with Crippen LogP contribution in [0.5, 0.6) is 0 Å². The van der Waals surface area contributed by atoms with Crippen molar-refractivity contribution in [3.05, 3.63) is 35.4 Å². The molecule has 0 saturated carbocycles. The normalized spacial score (nSPS) is 11.8. The number of aliphatic carboxylic acids is 1. The number of alkyl halides is 3. The van der Waals surface area contributed by atoms with Gasteiger partial charge in [0.25, 0.3) is 0 Å². The molecule has 0 fully saturated rings. The van der Waals surface area contributed by atoms with Gasteiger partial charge in [-0.2, -0.15) is 18.3 Å². The van der Waals surface area contributed by atoms with Crippen LogP contribution < -0.4 is 5.84 Å². The van der Waals surface area contributed by atoms with Gasteiger partial charge < -0.3 is 5.11 Å². The van der Waals surface area contributed by atoms with Crippen LogP contribution in [0.15, 0.2) is 29.4 Å². The molecule has 1 aromatic carbocycles. The average Bonchev–Trinajstić information content (AvgIpc) is 2.26. The summed E-state index contributed by atoms with van der Waals surface area (Å²) in [5, 5.41) is 12.5. The standard InChI is InChI=1S/C10H10F3N3O2/c11-10(12,13)8-3-1-7(2-4-8)6-16(14)15-5-9(17)18/h1-5H,6,14H2,(H,17,18)/b15-5-. The molecule has 0 unspecified atom stereocenters. The van der Waals surface area contributed by atoms with E-state index in [1.54, 1.807) is 0 Å². The van der Waals surface area contributed by atoms with Gasteiger partial charge in [-0.25, -0.2) is 15.8 Å². The Morgan fingerprint density at radius 2 is 1.94 bits per heavy atom. The van der Waals surface area contributed by atoms with Crippen molar-refractivity contribution in [1.82, 2.24) is 5.12 Å². The lowest BCUT2D eigenvalue weighted by molar-refractivity contribution is -0.137. The molecular formula is C10H10F3N3O2. The van der Waals surface area contributed by atoms with Crippen LogP contribution in [0.25, 0.3) is 0 Å². The molecule has 1 rings (SSSR count). The Morgan fingerprint density at radius 1 is 1.39 bits per heavy atom. The van der Waals surface area contributed by atoms with Crippen LogP contribution in [0.3, 0.4) is 0 Å². The van der Waals surface area contributed by atoms with E-state index in [-0.39, 0.29) is 6.54 Å². The van der Waals surface area contributed by atoms with Crippen LogP contribution in [0.4, 0.5) is 13.2 Å². The predicted octanol–water partition coefficient (Wildman–Crippen LogP) is 1.45.